The van der Waals surface area contributed by atoms with Crippen molar-refractivity contribution in [1.29, 1.82) is 0 Å². The van der Waals surface area contributed by atoms with Gasteiger partial charge in [-0.2, -0.15) is 13.2 Å². The highest BCUT2D eigenvalue weighted by Crippen LogP contribution is 2.46. The van der Waals surface area contributed by atoms with Gasteiger partial charge in [0.25, 0.3) is 0 Å². The summed E-state index contributed by atoms with van der Waals surface area (Å²) < 4.78 is 65.5. The summed E-state index contributed by atoms with van der Waals surface area (Å²) in [6.07, 6.45) is -3.17. The maximum Gasteiger partial charge on any atom is 0.416 e. The molecule has 3 aromatic rings. The number of aliphatic carboxylic acids is 1. The van der Waals surface area contributed by atoms with Gasteiger partial charge in [-0.05, 0) is 77.9 Å². The standard InChI is InChI=1S/C33H33F3O7/c1-19-12-22(42-18-32(39)8-10-40-11-9-32)2-4-24(19)27-14-21(33(34,35)36)15-28-26(27)6-7-29(28)43-23-3-5-25-20(13-31(37)38)17-41-30(25)16-23/h2-5,12,14-16,20,29,39H,6-11,13,17-18H2,1H3,(H,37,38)/t20-,29-/m1/s1. The quantitative estimate of drug-likeness (QED) is 0.301. The number of alkyl halides is 3. The summed E-state index contributed by atoms with van der Waals surface area (Å²) in [5.41, 5.74) is 2.33. The highest BCUT2D eigenvalue weighted by molar-refractivity contribution is 5.74. The zero-order valence-corrected chi connectivity index (χ0v) is 23.7. The van der Waals surface area contributed by atoms with E-state index < -0.39 is 29.4 Å². The number of carbonyl (C=O) groups is 1. The fourth-order valence-electron chi connectivity index (χ4n) is 6.23. The molecule has 228 valence electrons. The van der Waals surface area contributed by atoms with Gasteiger partial charge in [-0.1, -0.05) is 12.1 Å². The first-order valence-electron chi connectivity index (χ1n) is 14.4. The summed E-state index contributed by atoms with van der Waals surface area (Å²) in [7, 11) is 0. The Kier molecular flexibility index (Phi) is 7.76. The summed E-state index contributed by atoms with van der Waals surface area (Å²) in [6, 6.07) is 12.8. The first kappa shape index (κ1) is 29.3. The smallest absolute Gasteiger partial charge is 0.416 e. The van der Waals surface area contributed by atoms with Crippen molar-refractivity contribution in [1.82, 2.24) is 0 Å². The molecule has 1 fully saturated rings. The number of hydrogen-bond acceptors (Lipinski definition) is 6. The van der Waals surface area contributed by atoms with Crippen molar-refractivity contribution in [3.63, 3.8) is 0 Å². The lowest BCUT2D eigenvalue weighted by Crippen LogP contribution is -2.41. The van der Waals surface area contributed by atoms with Crippen LogP contribution < -0.4 is 14.2 Å². The lowest BCUT2D eigenvalue weighted by molar-refractivity contribution is -0.138. The number of benzene rings is 3. The van der Waals surface area contributed by atoms with Crippen LogP contribution in [0.15, 0.2) is 48.5 Å². The van der Waals surface area contributed by atoms with Gasteiger partial charge in [0.05, 0.1) is 18.6 Å². The monoisotopic (exact) mass is 598 g/mol. The molecular formula is C33H33F3O7. The van der Waals surface area contributed by atoms with Crippen LogP contribution in [0.1, 0.15) is 65.5 Å². The van der Waals surface area contributed by atoms with Crippen LogP contribution in [0.5, 0.6) is 17.2 Å². The molecule has 0 aromatic heterocycles. The fourth-order valence-corrected chi connectivity index (χ4v) is 6.23. The Morgan fingerprint density at radius 2 is 1.79 bits per heavy atom. The topological polar surface area (TPSA) is 94.5 Å². The van der Waals surface area contributed by atoms with Crippen LogP contribution in [0.4, 0.5) is 13.2 Å². The largest absolute Gasteiger partial charge is 0.492 e. The summed E-state index contributed by atoms with van der Waals surface area (Å²) in [4.78, 5) is 11.2. The molecule has 7 nitrogen and oxygen atoms in total. The van der Waals surface area contributed by atoms with Gasteiger partial charge in [-0.3, -0.25) is 4.79 Å². The molecule has 2 heterocycles. The van der Waals surface area contributed by atoms with Gasteiger partial charge in [0.2, 0.25) is 0 Å². The summed E-state index contributed by atoms with van der Waals surface area (Å²) in [6.45, 7) is 3.15. The first-order chi connectivity index (χ1) is 20.5. The zero-order chi connectivity index (χ0) is 30.4. The Labute approximate surface area is 247 Å². The molecule has 0 amide bonds. The van der Waals surface area contributed by atoms with Gasteiger partial charge in [-0.15, -0.1) is 0 Å². The molecule has 3 aromatic carbocycles. The number of carboxylic acid groups (broad SMARTS) is 1. The van der Waals surface area contributed by atoms with Crippen LogP contribution in [0.2, 0.25) is 0 Å². The van der Waals surface area contributed by atoms with Crippen LogP contribution in [-0.2, 0) is 22.1 Å². The third kappa shape index (κ3) is 6.17. The van der Waals surface area contributed by atoms with Gasteiger partial charge in [0.1, 0.15) is 35.6 Å². The van der Waals surface area contributed by atoms with Gasteiger partial charge in [0.15, 0.2) is 0 Å². The van der Waals surface area contributed by atoms with Gasteiger partial charge in [-0.25, -0.2) is 0 Å². The van der Waals surface area contributed by atoms with Gasteiger partial charge in [0, 0.05) is 43.6 Å². The molecule has 1 saturated heterocycles. The maximum atomic E-state index is 14.1. The lowest BCUT2D eigenvalue weighted by atomic mass is 9.91. The van der Waals surface area contributed by atoms with E-state index in [-0.39, 0.29) is 25.6 Å². The Morgan fingerprint density at radius 1 is 1.02 bits per heavy atom. The first-order valence-corrected chi connectivity index (χ1v) is 14.4. The number of halogens is 3. The van der Waals surface area contributed by atoms with Crippen molar-refractivity contribution in [2.24, 2.45) is 0 Å². The second kappa shape index (κ2) is 11.4. The van der Waals surface area contributed by atoms with Crippen LogP contribution in [-0.4, -0.2) is 48.2 Å². The van der Waals surface area contributed by atoms with E-state index in [2.05, 4.69) is 0 Å². The number of ether oxygens (including phenoxy) is 4. The number of aryl methyl sites for hydroxylation is 1. The van der Waals surface area contributed by atoms with E-state index in [1.54, 1.807) is 36.4 Å². The third-order valence-electron chi connectivity index (χ3n) is 8.60. The second-order valence-electron chi connectivity index (χ2n) is 11.6. The number of aliphatic hydroxyl groups is 1. The Balaban J connectivity index is 1.26. The van der Waals surface area contributed by atoms with Crippen molar-refractivity contribution < 1.29 is 47.1 Å². The molecule has 43 heavy (non-hydrogen) atoms. The highest BCUT2D eigenvalue weighted by atomic mass is 19.4. The third-order valence-corrected chi connectivity index (χ3v) is 8.60. The molecule has 0 saturated carbocycles. The minimum absolute atomic E-state index is 0.0453. The molecule has 0 bridgehead atoms. The van der Waals surface area contributed by atoms with E-state index in [4.69, 9.17) is 24.1 Å². The van der Waals surface area contributed by atoms with E-state index in [1.165, 1.54) is 12.1 Å². The van der Waals surface area contributed by atoms with Crippen molar-refractivity contribution in [3.05, 3.63) is 76.3 Å². The number of carboxylic acids is 1. The van der Waals surface area contributed by atoms with Crippen LogP contribution in [0.3, 0.4) is 0 Å². The Morgan fingerprint density at radius 3 is 2.51 bits per heavy atom. The van der Waals surface area contributed by atoms with Gasteiger partial charge < -0.3 is 29.2 Å². The highest BCUT2D eigenvalue weighted by Gasteiger charge is 2.37. The number of fused-ring (bicyclic) bond motifs is 2. The fraction of sp³-hybridized carbons (Fsp3) is 0.424. The van der Waals surface area contributed by atoms with Crippen LogP contribution >= 0.6 is 0 Å². The normalized spacial score (nSPS) is 20.7. The van der Waals surface area contributed by atoms with Crippen LogP contribution in [0, 0.1) is 6.92 Å². The molecule has 10 heteroatoms. The molecule has 0 spiro atoms. The number of hydrogen-bond donors (Lipinski definition) is 2. The van der Waals surface area contributed by atoms with E-state index in [1.807, 2.05) is 6.92 Å². The summed E-state index contributed by atoms with van der Waals surface area (Å²) in [5, 5.41) is 19.9. The molecule has 0 unspecified atom stereocenters. The van der Waals surface area contributed by atoms with Crippen molar-refractivity contribution >= 4 is 5.97 Å². The number of rotatable bonds is 8. The molecule has 6 rings (SSSR count). The summed E-state index contributed by atoms with van der Waals surface area (Å²) in [5.74, 6) is 0.364. The van der Waals surface area contributed by atoms with Gasteiger partial charge >= 0.3 is 12.1 Å². The molecule has 0 radical (unpaired) electrons. The average molecular weight is 599 g/mol. The molecular weight excluding hydrogens is 565 g/mol. The van der Waals surface area contributed by atoms with Crippen molar-refractivity contribution in [2.45, 2.75) is 62.8 Å². The molecule has 2 aliphatic heterocycles. The van der Waals surface area contributed by atoms with E-state index in [9.17, 15) is 23.1 Å². The zero-order valence-electron chi connectivity index (χ0n) is 23.7. The minimum atomic E-state index is -4.55. The molecule has 2 N–H and O–H groups in total. The minimum Gasteiger partial charge on any atom is -0.492 e. The average Bonchev–Trinajstić information content (AvgIpc) is 3.55. The van der Waals surface area contributed by atoms with E-state index >= 15 is 0 Å². The van der Waals surface area contributed by atoms with E-state index in [0.29, 0.717) is 72.8 Å². The van der Waals surface area contributed by atoms with Crippen molar-refractivity contribution in [2.75, 3.05) is 26.4 Å². The predicted molar refractivity (Wildman–Crippen MR) is 151 cm³/mol. The summed E-state index contributed by atoms with van der Waals surface area (Å²) >= 11 is 0. The predicted octanol–water partition coefficient (Wildman–Crippen LogP) is 6.62. The maximum absolute atomic E-state index is 14.1. The lowest BCUT2D eigenvalue weighted by Gasteiger charge is -2.31. The SMILES string of the molecule is Cc1cc(OCC2(O)CCOCC2)ccc1-c1cc(C(F)(F)F)cc2c1CC[C@H]2Oc1ccc2c(c1)OC[C@H]2CC(=O)O. The molecule has 1 aliphatic carbocycles. The molecule has 3 aliphatic rings. The van der Waals surface area contributed by atoms with Crippen LogP contribution in [0.25, 0.3) is 11.1 Å². The Hall–Kier alpha value is -3.76. The molecule has 2 atom stereocenters. The van der Waals surface area contributed by atoms with Crippen molar-refractivity contribution in [3.8, 4) is 28.4 Å². The van der Waals surface area contributed by atoms with E-state index in [0.717, 1.165) is 16.7 Å². The Bertz CT molecular complexity index is 1530. The second-order valence-corrected chi connectivity index (χ2v) is 11.6.